The maximum absolute atomic E-state index is 12.7. The molecule has 7 N–H and O–H groups in total. The van der Waals surface area contributed by atoms with Gasteiger partial charge in [0.15, 0.2) is 16.8 Å². The number of hydrogen-bond acceptors (Lipinski definition) is 18. The second kappa shape index (κ2) is 11.1. The molecule has 3 aromatic rings. The molecule has 0 aromatic carbocycles. The predicted molar refractivity (Wildman–Crippen MR) is 128 cm³/mol. The Hall–Kier alpha value is -2.66. The summed E-state index contributed by atoms with van der Waals surface area (Å²) in [7, 11) is -18.0. The number of fused-ring (bicyclic) bond motifs is 2. The minimum absolute atomic E-state index is 0.0231. The van der Waals surface area contributed by atoms with Crippen molar-refractivity contribution in [1.82, 2.24) is 29.7 Å². The second-order valence-electron chi connectivity index (χ2n) is 8.36. The number of nitrogens with one attached hydrogen (secondary N) is 4. The number of amides is 1. The molecule has 2 fully saturated rings. The molecular weight excluding hydrogens is 657 g/mol. The Morgan fingerprint density at radius 2 is 1.88 bits per heavy atom. The first-order valence-corrected chi connectivity index (χ1v) is 15.8. The van der Waals surface area contributed by atoms with Crippen molar-refractivity contribution < 1.29 is 65.4 Å². The number of aromatic amines is 3. The van der Waals surface area contributed by atoms with Gasteiger partial charge in [0.1, 0.15) is 35.3 Å². The highest BCUT2D eigenvalue weighted by Gasteiger charge is 2.55. The van der Waals surface area contributed by atoms with Gasteiger partial charge in [-0.1, -0.05) is 12.2 Å². The largest absolute Gasteiger partial charge is 0.756 e. The van der Waals surface area contributed by atoms with Gasteiger partial charge in [0.05, 0.1) is 12.9 Å². The molecule has 0 saturated carbocycles. The van der Waals surface area contributed by atoms with E-state index in [0.29, 0.717) is 0 Å². The van der Waals surface area contributed by atoms with Crippen LogP contribution in [0.1, 0.15) is 6.23 Å². The smallest absolute Gasteiger partial charge is 0.282 e. The van der Waals surface area contributed by atoms with Gasteiger partial charge in [-0.25, -0.2) is 18.6 Å². The van der Waals surface area contributed by atoms with Crippen LogP contribution in [0, 0.1) is 4.64 Å². The molecule has 23 nitrogen and oxygen atoms in total. The molecule has 42 heavy (non-hydrogen) atoms. The Bertz CT molecular complexity index is 1780. The molecule has 0 spiro atoms. The molecule has 0 bridgehead atoms. The first-order valence-electron chi connectivity index (χ1n) is 11.0. The first kappa shape index (κ1) is 30.8. The van der Waals surface area contributed by atoms with Crippen LogP contribution in [-0.4, -0.2) is 71.7 Å². The molecule has 1 amide bonds. The number of nitrogens with two attached hydrogens (primary N) is 1. The van der Waals surface area contributed by atoms with Gasteiger partial charge in [0.25, 0.3) is 34.9 Å². The molecule has 2 aliphatic rings. The van der Waals surface area contributed by atoms with Crippen molar-refractivity contribution >= 4 is 64.5 Å². The summed E-state index contributed by atoms with van der Waals surface area (Å²) >= 11 is 5.15. The SMILES string of the molecule is Nc1nc(=S)c2ncn(C3OC(COP(=O)([O-])OP(=O)([O-])OP(=O)([O-])O)C4O[C@@H](C(=O)Nc5cc(=O)[nH][nH]5)OC43)c2[nH]1. The number of H-pyrrole nitrogens is 3. The van der Waals surface area contributed by atoms with Crippen LogP contribution in [0.25, 0.3) is 11.2 Å². The minimum Gasteiger partial charge on any atom is -0.756 e. The van der Waals surface area contributed by atoms with Crippen molar-refractivity contribution in [3.05, 3.63) is 27.4 Å². The number of nitrogens with zero attached hydrogens (tertiary/aromatic N) is 3. The van der Waals surface area contributed by atoms with Crippen LogP contribution in [0.4, 0.5) is 11.8 Å². The van der Waals surface area contributed by atoms with Crippen molar-refractivity contribution in [1.29, 1.82) is 0 Å². The topological polar surface area (TPSA) is 346 Å². The van der Waals surface area contributed by atoms with Crippen molar-refractivity contribution in [3.8, 4) is 0 Å². The van der Waals surface area contributed by atoms with Gasteiger partial charge in [-0.15, -0.1) is 0 Å². The number of hydrogen-bond donors (Lipinski definition) is 6. The molecule has 0 radical (unpaired) electrons. The van der Waals surface area contributed by atoms with Gasteiger partial charge < -0.3 is 54.3 Å². The van der Waals surface area contributed by atoms with Crippen molar-refractivity contribution in [2.75, 3.05) is 17.7 Å². The molecule has 27 heteroatoms. The van der Waals surface area contributed by atoms with E-state index in [1.165, 1.54) is 10.9 Å². The standard InChI is InChI=1S/C15H19N8O15P3S/c16-15-19-10-7(12(42)20-15)17-3-23(10)13-9-8(35-14(36-9)11(25)18-5-1-6(24)22-21-5)4(34-13)2-33-40(29,30)38-41(31,32)37-39(26,27)28/h1,3-4,8-9,13-14H,2H2,(H,29,30)(H,31,32)(H2,26,27,28)(H3,16,19,20,42)(H3,18,21,22,24,25)/p-3/t4?,8?,9?,13?,14-/m1/s1. The third-order valence-electron chi connectivity index (χ3n) is 5.45. The van der Waals surface area contributed by atoms with Crippen LogP contribution in [0.3, 0.4) is 0 Å². The van der Waals surface area contributed by atoms with E-state index in [0.717, 1.165) is 6.07 Å². The number of carbonyl (C=O) groups excluding carboxylic acids is 1. The van der Waals surface area contributed by atoms with Crippen LogP contribution in [0.15, 0.2) is 17.2 Å². The van der Waals surface area contributed by atoms with E-state index in [9.17, 15) is 38.0 Å². The van der Waals surface area contributed by atoms with Gasteiger partial charge >= 0.3 is 0 Å². The molecule has 2 saturated heterocycles. The number of phosphoric ester groups is 1. The van der Waals surface area contributed by atoms with E-state index >= 15 is 0 Å². The lowest BCUT2D eigenvalue weighted by Crippen LogP contribution is -2.34. The maximum Gasteiger partial charge on any atom is 0.282 e. The highest BCUT2D eigenvalue weighted by Crippen LogP contribution is 2.61. The summed E-state index contributed by atoms with van der Waals surface area (Å²) < 4.78 is 64.2. The molecule has 7 unspecified atom stereocenters. The lowest BCUT2D eigenvalue weighted by atomic mass is 10.1. The van der Waals surface area contributed by atoms with Gasteiger partial charge in [-0.3, -0.25) is 38.0 Å². The van der Waals surface area contributed by atoms with Crippen LogP contribution in [-0.2, 0) is 45.8 Å². The Morgan fingerprint density at radius 3 is 2.55 bits per heavy atom. The molecule has 5 rings (SSSR count). The van der Waals surface area contributed by atoms with Crippen molar-refractivity contribution in [2.24, 2.45) is 0 Å². The van der Waals surface area contributed by atoms with E-state index in [2.05, 4.69) is 43.6 Å². The lowest BCUT2D eigenvalue weighted by Gasteiger charge is -2.33. The second-order valence-corrected chi connectivity index (χ2v) is 13.0. The number of anilines is 2. The molecular formula is C15H16N8O15P3S-3. The maximum atomic E-state index is 12.7. The van der Waals surface area contributed by atoms with E-state index in [1.807, 2.05) is 0 Å². The Morgan fingerprint density at radius 1 is 1.17 bits per heavy atom. The fraction of sp³-hybridized carbons (Fsp3) is 0.400. The van der Waals surface area contributed by atoms with Gasteiger partial charge in [0, 0.05) is 6.07 Å². The summed E-state index contributed by atoms with van der Waals surface area (Å²) in [6.45, 7) is -1.03. The van der Waals surface area contributed by atoms with Crippen LogP contribution in [0.2, 0.25) is 0 Å². The zero-order valence-corrected chi connectivity index (χ0v) is 23.6. The molecule has 5 heterocycles. The summed E-state index contributed by atoms with van der Waals surface area (Å²) in [5.41, 5.74) is 5.57. The average molecular weight is 673 g/mol. The number of ether oxygens (including phenoxy) is 3. The van der Waals surface area contributed by atoms with E-state index in [1.54, 1.807) is 0 Å². The number of imidazole rings is 1. The number of phosphoric acid groups is 3. The monoisotopic (exact) mass is 673 g/mol. The number of carbonyl (C=O) groups is 1. The molecule has 8 atom stereocenters. The molecule has 3 aromatic heterocycles. The third kappa shape index (κ3) is 6.77. The van der Waals surface area contributed by atoms with Crippen molar-refractivity contribution in [2.45, 2.75) is 30.8 Å². The number of rotatable bonds is 10. The van der Waals surface area contributed by atoms with Gasteiger partial charge in [0.2, 0.25) is 6.29 Å². The van der Waals surface area contributed by atoms with Crippen LogP contribution in [0.5, 0.6) is 0 Å². The summed E-state index contributed by atoms with van der Waals surface area (Å²) in [5.74, 6) is -1.02. The van der Waals surface area contributed by atoms with E-state index < -0.39 is 72.4 Å². The summed E-state index contributed by atoms with van der Waals surface area (Å²) in [5, 5.41) is 6.92. The molecule has 2 aliphatic heterocycles. The lowest BCUT2D eigenvalue weighted by molar-refractivity contribution is -0.250. The summed E-state index contributed by atoms with van der Waals surface area (Å²) in [4.78, 5) is 77.6. The van der Waals surface area contributed by atoms with Gasteiger partial charge in [-0.05, 0) is 0 Å². The van der Waals surface area contributed by atoms with E-state index in [-0.39, 0.29) is 27.6 Å². The Kier molecular flexibility index (Phi) is 8.15. The van der Waals surface area contributed by atoms with Crippen LogP contribution < -0.4 is 31.3 Å². The highest BCUT2D eigenvalue weighted by atomic mass is 32.1. The predicted octanol–water partition coefficient (Wildman–Crippen LogP) is -2.82. The molecule has 230 valence electrons. The minimum atomic E-state index is -6.16. The fourth-order valence-electron chi connectivity index (χ4n) is 4.01. The summed E-state index contributed by atoms with van der Waals surface area (Å²) in [6, 6.07) is 1.03. The Labute approximate surface area is 235 Å². The zero-order valence-electron chi connectivity index (χ0n) is 20.1. The Balaban J connectivity index is 1.38. The first-order chi connectivity index (χ1) is 19.5. The summed E-state index contributed by atoms with van der Waals surface area (Å²) in [6.07, 6.45) is -5.51. The average Bonchev–Trinajstić information content (AvgIpc) is 3.59. The molecule has 0 aliphatic carbocycles. The van der Waals surface area contributed by atoms with Gasteiger partial charge in [-0.2, -0.15) is 0 Å². The quantitative estimate of drug-likeness (QED) is 0.0933. The highest BCUT2D eigenvalue weighted by molar-refractivity contribution is 7.71. The fourth-order valence-corrected chi connectivity index (χ4v) is 7.15. The zero-order chi connectivity index (χ0) is 30.6. The third-order valence-corrected chi connectivity index (χ3v) is 9.43. The number of aromatic nitrogens is 6. The van der Waals surface area contributed by atoms with Crippen LogP contribution >= 0.6 is 35.7 Å². The normalized spacial score (nSPS) is 28.1. The van der Waals surface area contributed by atoms with E-state index in [4.69, 9.17) is 37.1 Å². The van der Waals surface area contributed by atoms with Crippen molar-refractivity contribution in [3.63, 3.8) is 0 Å². The number of nitrogen functional groups attached to an aromatic ring is 1.